The molecule has 0 aromatic carbocycles. The lowest BCUT2D eigenvalue weighted by Gasteiger charge is -2.07. The zero-order valence-corrected chi connectivity index (χ0v) is 11.6. The van der Waals surface area contributed by atoms with E-state index in [1.54, 1.807) is 21.0 Å². The highest BCUT2D eigenvalue weighted by atomic mass is 32.2. The first kappa shape index (κ1) is 15.1. The van der Waals surface area contributed by atoms with Gasteiger partial charge in [-0.2, -0.15) is 0 Å². The average Bonchev–Trinajstić information content (AvgIpc) is 2.64. The fraction of sp³-hybridized carbons (Fsp3) is 0.700. The number of nitrogens with one attached hydrogen (secondary N) is 2. The van der Waals surface area contributed by atoms with Crippen molar-refractivity contribution in [2.75, 3.05) is 33.4 Å². The zero-order valence-electron chi connectivity index (χ0n) is 10.8. The van der Waals surface area contributed by atoms with E-state index in [0.29, 0.717) is 37.7 Å². The Bertz CT molecular complexity index is 450. The summed E-state index contributed by atoms with van der Waals surface area (Å²) in [5.74, 6) is 0.298. The summed E-state index contributed by atoms with van der Waals surface area (Å²) in [6, 6.07) is 0. The van der Waals surface area contributed by atoms with Gasteiger partial charge in [0.05, 0.1) is 6.61 Å². The van der Waals surface area contributed by atoms with Crippen LogP contribution < -0.4 is 10.0 Å². The minimum atomic E-state index is -3.55. The molecule has 8 heteroatoms. The normalized spacial score (nSPS) is 11.9. The summed E-state index contributed by atoms with van der Waals surface area (Å²) < 4.78 is 36.1. The van der Waals surface area contributed by atoms with Gasteiger partial charge < -0.3 is 14.6 Å². The van der Waals surface area contributed by atoms with Gasteiger partial charge >= 0.3 is 0 Å². The van der Waals surface area contributed by atoms with Crippen LogP contribution in [0, 0.1) is 13.8 Å². The first-order valence-electron chi connectivity index (χ1n) is 5.61. The predicted octanol–water partition coefficient (Wildman–Crippen LogP) is -0.194. The van der Waals surface area contributed by atoms with Crippen molar-refractivity contribution in [1.29, 1.82) is 0 Å². The van der Waals surface area contributed by atoms with Crippen LogP contribution in [-0.2, 0) is 14.8 Å². The molecule has 2 N–H and O–H groups in total. The summed E-state index contributed by atoms with van der Waals surface area (Å²) in [5.41, 5.74) is 0.368. The summed E-state index contributed by atoms with van der Waals surface area (Å²) >= 11 is 0. The van der Waals surface area contributed by atoms with Crippen molar-refractivity contribution in [2.45, 2.75) is 18.7 Å². The van der Waals surface area contributed by atoms with E-state index in [1.807, 2.05) is 0 Å². The molecule has 0 radical (unpaired) electrons. The fourth-order valence-electron chi connectivity index (χ4n) is 1.50. The highest BCUT2D eigenvalue weighted by Crippen LogP contribution is 2.17. The van der Waals surface area contributed by atoms with Gasteiger partial charge in [0.1, 0.15) is 10.6 Å². The molecule has 0 aliphatic rings. The Morgan fingerprint density at radius 1 is 1.28 bits per heavy atom. The van der Waals surface area contributed by atoms with Crippen molar-refractivity contribution >= 4 is 10.0 Å². The highest BCUT2D eigenvalue weighted by Gasteiger charge is 2.23. The molecule has 0 fully saturated rings. The van der Waals surface area contributed by atoms with Crippen LogP contribution in [0.3, 0.4) is 0 Å². The number of rotatable bonds is 8. The third-order valence-electron chi connectivity index (χ3n) is 2.31. The summed E-state index contributed by atoms with van der Waals surface area (Å²) in [5, 5.41) is 6.67. The van der Waals surface area contributed by atoms with Gasteiger partial charge in [-0.15, -0.1) is 0 Å². The number of aryl methyl sites for hydroxylation is 2. The van der Waals surface area contributed by atoms with Gasteiger partial charge in [0.2, 0.25) is 10.0 Å². The van der Waals surface area contributed by atoms with E-state index in [0.717, 1.165) is 0 Å². The van der Waals surface area contributed by atoms with Crippen LogP contribution in [0.5, 0.6) is 0 Å². The molecular weight excluding hydrogens is 258 g/mol. The Hall–Kier alpha value is -0.960. The number of hydrogen-bond acceptors (Lipinski definition) is 6. The van der Waals surface area contributed by atoms with Gasteiger partial charge in [0.25, 0.3) is 0 Å². The molecular formula is C10H19N3O4S. The van der Waals surface area contributed by atoms with Gasteiger partial charge in [0, 0.05) is 26.7 Å². The molecule has 0 spiro atoms. The molecule has 0 aliphatic heterocycles. The van der Waals surface area contributed by atoms with Gasteiger partial charge in [-0.05, 0) is 13.8 Å². The van der Waals surface area contributed by atoms with E-state index in [-0.39, 0.29) is 4.90 Å². The lowest BCUT2D eigenvalue weighted by atomic mass is 10.4. The third-order valence-corrected chi connectivity index (χ3v) is 4.02. The van der Waals surface area contributed by atoms with Crippen LogP contribution in [0.2, 0.25) is 0 Å². The first-order valence-corrected chi connectivity index (χ1v) is 7.09. The van der Waals surface area contributed by atoms with E-state index >= 15 is 0 Å². The smallest absolute Gasteiger partial charge is 0.246 e. The van der Waals surface area contributed by atoms with Crippen LogP contribution in [0.4, 0.5) is 0 Å². The van der Waals surface area contributed by atoms with Gasteiger partial charge in [-0.3, -0.25) is 0 Å². The largest absolute Gasteiger partial charge is 0.383 e. The van der Waals surface area contributed by atoms with Gasteiger partial charge in [0.15, 0.2) is 5.76 Å². The second kappa shape index (κ2) is 6.83. The molecule has 7 nitrogen and oxygen atoms in total. The molecule has 0 amide bonds. The Balaban J connectivity index is 2.46. The number of ether oxygens (including phenoxy) is 1. The molecule has 0 aliphatic carbocycles. The number of nitrogens with zero attached hydrogens (tertiary/aromatic N) is 1. The summed E-state index contributed by atoms with van der Waals surface area (Å²) in [6.07, 6.45) is 0. The molecule has 0 saturated carbocycles. The highest BCUT2D eigenvalue weighted by molar-refractivity contribution is 7.89. The fourth-order valence-corrected chi connectivity index (χ4v) is 2.86. The van der Waals surface area contributed by atoms with E-state index < -0.39 is 10.0 Å². The van der Waals surface area contributed by atoms with Gasteiger partial charge in [-0.25, -0.2) is 13.1 Å². The molecule has 104 valence electrons. The Kier molecular flexibility index (Phi) is 5.73. The van der Waals surface area contributed by atoms with Crippen LogP contribution >= 0.6 is 0 Å². The number of sulfonamides is 1. The molecule has 1 rings (SSSR count). The predicted molar refractivity (Wildman–Crippen MR) is 65.9 cm³/mol. The second-order valence-corrected chi connectivity index (χ2v) is 5.50. The molecule has 0 unspecified atom stereocenters. The Morgan fingerprint density at radius 2 is 2.00 bits per heavy atom. The van der Waals surface area contributed by atoms with E-state index in [1.165, 1.54) is 0 Å². The standard InChI is InChI=1S/C10H19N3O4S/c1-8-10(9(2)17-13-8)18(14,15)12-5-4-11-6-7-16-3/h11-12H,4-7H2,1-3H3. The Morgan fingerprint density at radius 3 is 2.56 bits per heavy atom. The van der Waals surface area contributed by atoms with Crippen LogP contribution in [0.25, 0.3) is 0 Å². The van der Waals surface area contributed by atoms with E-state index in [4.69, 9.17) is 9.26 Å². The molecule has 0 atom stereocenters. The zero-order chi connectivity index (χ0) is 13.6. The van der Waals surface area contributed by atoms with Crippen LogP contribution in [-0.4, -0.2) is 46.9 Å². The summed E-state index contributed by atoms with van der Waals surface area (Å²) in [4.78, 5) is 0.124. The first-order chi connectivity index (χ1) is 8.49. The van der Waals surface area contributed by atoms with E-state index in [9.17, 15) is 8.42 Å². The maximum Gasteiger partial charge on any atom is 0.246 e. The molecule has 0 bridgehead atoms. The second-order valence-electron chi connectivity index (χ2n) is 3.79. The molecule has 0 saturated heterocycles. The summed E-state index contributed by atoms with van der Waals surface area (Å²) in [7, 11) is -1.94. The number of hydrogen-bond donors (Lipinski definition) is 2. The summed E-state index contributed by atoms with van der Waals surface area (Å²) in [6.45, 7) is 5.29. The maximum absolute atomic E-state index is 12.0. The van der Waals surface area contributed by atoms with Crippen molar-refractivity contribution in [3.8, 4) is 0 Å². The quantitative estimate of drug-likeness (QED) is 0.640. The molecule has 18 heavy (non-hydrogen) atoms. The lowest BCUT2D eigenvalue weighted by molar-refractivity contribution is 0.199. The minimum Gasteiger partial charge on any atom is -0.383 e. The third kappa shape index (κ3) is 4.05. The van der Waals surface area contributed by atoms with Gasteiger partial charge in [-0.1, -0.05) is 5.16 Å². The van der Waals surface area contributed by atoms with Crippen molar-refractivity contribution < 1.29 is 17.7 Å². The monoisotopic (exact) mass is 277 g/mol. The lowest BCUT2D eigenvalue weighted by Crippen LogP contribution is -2.33. The van der Waals surface area contributed by atoms with Crippen molar-refractivity contribution in [2.24, 2.45) is 0 Å². The molecule has 1 aromatic rings. The van der Waals surface area contributed by atoms with Crippen molar-refractivity contribution in [3.05, 3.63) is 11.5 Å². The average molecular weight is 277 g/mol. The van der Waals surface area contributed by atoms with Crippen molar-refractivity contribution in [3.63, 3.8) is 0 Å². The SMILES string of the molecule is COCCNCCNS(=O)(=O)c1c(C)noc1C. The maximum atomic E-state index is 12.0. The number of aromatic nitrogens is 1. The molecule has 1 heterocycles. The van der Waals surface area contributed by atoms with E-state index in [2.05, 4.69) is 15.2 Å². The molecule has 1 aromatic heterocycles. The Labute approximate surface area is 107 Å². The van der Waals surface area contributed by atoms with Crippen LogP contribution in [0.1, 0.15) is 11.5 Å². The van der Waals surface area contributed by atoms with Crippen molar-refractivity contribution in [1.82, 2.24) is 15.2 Å². The minimum absolute atomic E-state index is 0.124. The topological polar surface area (TPSA) is 93.5 Å². The van der Waals surface area contributed by atoms with Crippen LogP contribution in [0.15, 0.2) is 9.42 Å². The number of methoxy groups -OCH3 is 1.